The highest BCUT2D eigenvalue weighted by Gasteiger charge is 2.58. The topological polar surface area (TPSA) is 91.3 Å². The Balaban J connectivity index is 1.54. The lowest BCUT2D eigenvalue weighted by atomic mass is 9.99. The van der Waals surface area contributed by atoms with E-state index in [0.717, 1.165) is 12.8 Å². The summed E-state index contributed by atoms with van der Waals surface area (Å²) in [5.74, 6) is -1.38. The molecule has 1 aliphatic rings. The average Bonchev–Trinajstić information content (AvgIpc) is 3.41. The van der Waals surface area contributed by atoms with E-state index in [-0.39, 0.29) is 23.2 Å². The number of benzene rings is 2. The molecule has 1 saturated carbocycles. The fourth-order valence-corrected chi connectivity index (χ4v) is 4.09. The van der Waals surface area contributed by atoms with Crippen molar-refractivity contribution in [3.05, 3.63) is 59.1 Å². The summed E-state index contributed by atoms with van der Waals surface area (Å²) in [4.78, 5) is 28.5. The van der Waals surface area contributed by atoms with Gasteiger partial charge < -0.3 is 15.7 Å². The first-order valence-corrected chi connectivity index (χ1v) is 10.3. The first-order chi connectivity index (χ1) is 14.7. The van der Waals surface area contributed by atoms with Crippen LogP contribution < -0.4 is 10.6 Å². The van der Waals surface area contributed by atoms with E-state index in [1.165, 1.54) is 24.3 Å². The average molecular weight is 449 g/mol. The molecule has 1 aromatic heterocycles. The molecule has 0 radical (unpaired) electrons. The third kappa shape index (κ3) is 4.54. The minimum absolute atomic E-state index is 0.140. The summed E-state index contributed by atoms with van der Waals surface area (Å²) in [5, 5.41) is 15.0. The number of thiazole rings is 1. The summed E-state index contributed by atoms with van der Waals surface area (Å²) in [6.07, 6.45) is -4.58. The second-order valence-corrected chi connectivity index (χ2v) is 8.43. The first kappa shape index (κ1) is 21.3. The SMILES string of the molecule is O=C(C[C@@](O)(c1nc2ccccc2s1)C(F)(F)F)Nc1cccc(C(=O)NC2CC2)c1. The van der Waals surface area contributed by atoms with Gasteiger partial charge in [-0.25, -0.2) is 4.98 Å². The molecule has 0 saturated heterocycles. The van der Waals surface area contributed by atoms with Crippen molar-refractivity contribution in [1.82, 2.24) is 10.3 Å². The van der Waals surface area contributed by atoms with Gasteiger partial charge in [0.2, 0.25) is 11.5 Å². The van der Waals surface area contributed by atoms with Gasteiger partial charge in [0, 0.05) is 17.3 Å². The van der Waals surface area contributed by atoms with Gasteiger partial charge in [-0.1, -0.05) is 18.2 Å². The zero-order valence-corrected chi connectivity index (χ0v) is 16.9. The Kier molecular flexibility index (Phi) is 5.44. The van der Waals surface area contributed by atoms with Gasteiger partial charge in [-0.2, -0.15) is 13.2 Å². The molecule has 1 heterocycles. The third-order valence-electron chi connectivity index (χ3n) is 4.85. The molecule has 4 rings (SSSR count). The molecule has 0 unspecified atom stereocenters. The molecule has 1 aliphatic carbocycles. The number of aliphatic hydroxyl groups is 1. The van der Waals surface area contributed by atoms with E-state index in [0.29, 0.717) is 21.6 Å². The molecule has 0 bridgehead atoms. The van der Waals surface area contributed by atoms with Gasteiger partial charge in [-0.15, -0.1) is 11.3 Å². The summed E-state index contributed by atoms with van der Waals surface area (Å²) in [6.45, 7) is 0. The largest absolute Gasteiger partial charge is 0.424 e. The number of carbonyl (C=O) groups is 2. The summed E-state index contributed by atoms with van der Waals surface area (Å²) in [5.41, 5.74) is -2.70. The van der Waals surface area contributed by atoms with Gasteiger partial charge in [0.25, 0.3) is 5.91 Å². The second-order valence-electron chi connectivity index (χ2n) is 7.40. The fourth-order valence-electron chi connectivity index (χ4n) is 3.02. The third-order valence-corrected chi connectivity index (χ3v) is 6.04. The zero-order chi connectivity index (χ0) is 22.2. The monoisotopic (exact) mass is 449 g/mol. The maximum absolute atomic E-state index is 13.8. The fraction of sp³-hybridized carbons (Fsp3) is 0.286. The first-order valence-electron chi connectivity index (χ1n) is 9.52. The molecule has 0 spiro atoms. The predicted molar refractivity (Wildman–Crippen MR) is 110 cm³/mol. The number of aromatic nitrogens is 1. The van der Waals surface area contributed by atoms with Crippen molar-refractivity contribution in [1.29, 1.82) is 0 Å². The quantitative estimate of drug-likeness (QED) is 0.531. The number of para-hydroxylation sites is 1. The Morgan fingerprint density at radius 1 is 1.13 bits per heavy atom. The van der Waals surface area contributed by atoms with Crippen molar-refractivity contribution in [3.8, 4) is 0 Å². The van der Waals surface area contributed by atoms with E-state index in [9.17, 15) is 27.9 Å². The zero-order valence-electron chi connectivity index (χ0n) is 16.1. The van der Waals surface area contributed by atoms with E-state index in [1.807, 2.05) is 0 Å². The number of hydrogen-bond acceptors (Lipinski definition) is 5. The Morgan fingerprint density at radius 3 is 2.55 bits per heavy atom. The molecular weight excluding hydrogens is 431 g/mol. The van der Waals surface area contributed by atoms with Gasteiger partial charge in [-0.05, 0) is 43.2 Å². The minimum Gasteiger partial charge on any atom is -0.374 e. The minimum atomic E-state index is -5.12. The Labute approximate surface area is 179 Å². The van der Waals surface area contributed by atoms with E-state index in [4.69, 9.17) is 0 Å². The smallest absolute Gasteiger partial charge is 0.374 e. The van der Waals surface area contributed by atoms with Crippen LogP contribution in [0.15, 0.2) is 48.5 Å². The number of halogens is 3. The van der Waals surface area contributed by atoms with Crippen LogP contribution >= 0.6 is 11.3 Å². The standard InChI is InChI=1S/C21H18F3N3O3S/c22-21(23,24)20(30,19-27-15-6-1-2-7-16(15)31-19)11-17(28)25-14-5-3-4-12(10-14)18(29)26-13-8-9-13/h1-7,10,13,30H,8-9,11H2,(H,25,28)(H,26,29)/t20-/m1/s1. The van der Waals surface area contributed by atoms with Crippen LogP contribution in [0.5, 0.6) is 0 Å². The van der Waals surface area contributed by atoms with Crippen LogP contribution in [0.1, 0.15) is 34.6 Å². The van der Waals surface area contributed by atoms with Crippen LogP contribution in [0, 0.1) is 0 Å². The number of nitrogens with one attached hydrogen (secondary N) is 2. The van der Waals surface area contributed by atoms with Gasteiger partial charge in [0.05, 0.1) is 16.6 Å². The highest BCUT2D eigenvalue weighted by molar-refractivity contribution is 7.18. The van der Waals surface area contributed by atoms with Crippen molar-refractivity contribution < 1.29 is 27.9 Å². The van der Waals surface area contributed by atoms with Gasteiger partial charge in [-0.3, -0.25) is 9.59 Å². The predicted octanol–water partition coefficient (Wildman–Crippen LogP) is 3.97. The summed E-state index contributed by atoms with van der Waals surface area (Å²) in [6, 6.07) is 12.4. The van der Waals surface area contributed by atoms with Crippen LogP contribution in [-0.2, 0) is 10.4 Å². The molecule has 10 heteroatoms. The van der Waals surface area contributed by atoms with Crippen LogP contribution in [-0.4, -0.2) is 34.1 Å². The number of anilines is 1. The molecule has 2 amide bonds. The summed E-state index contributed by atoms with van der Waals surface area (Å²) < 4.78 is 41.9. The van der Waals surface area contributed by atoms with Crippen LogP contribution in [0.4, 0.5) is 18.9 Å². The Hall–Kier alpha value is -2.98. The lowest BCUT2D eigenvalue weighted by molar-refractivity contribution is -0.266. The molecule has 6 nitrogen and oxygen atoms in total. The van der Waals surface area contributed by atoms with E-state index < -0.39 is 29.1 Å². The molecule has 1 fully saturated rings. The summed E-state index contributed by atoms with van der Waals surface area (Å²) >= 11 is 0.683. The Bertz CT molecular complexity index is 1110. The van der Waals surface area contributed by atoms with Crippen LogP contribution in [0.3, 0.4) is 0 Å². The van der Waals surface area contributed by atoms with E-state index >= 15 is 0 Å². The molecule has 1 atom stereocenters. The van der Waals surface area contributed by atoms with Gasteiger partial charge in [0.1, 0.15) is 5.01 Å². The van der Waals surface area contributed by atoms with Gasteiger partial charge in [0.15, 0.2) is 0 Å². The lowest BCUT2D eigenvalue weighted by Gasteiger charge is -2.27. The van der Waals surface area contributed by atoms with Crippen molar-refractivity contribution in [3.63, 3.8) is 0 Å². The summed E-state index contributed by atoms with van der Waals surface area (Å²) in [7, 11) is 0. The Morgan fingerprint density at radius 2 is 1.87 bits per heavy atom. The maximum atomic E-state index is 13.8. The van der Waals surface area contributed by atoms with Crippen molar-refractivity contribution in [2.24, 2.45) is 0 Å². The number of nitrogens with zero attached hydrogens (tertiary/aromatic N) is 1. The molecule has 31 heavy (non-hydrogen) atoms. The maximum Gasteiger partial charge on any atom is 0.424 e. The normalized spacial score (nSPS) is 16.0. The number of alkyl halides is 3. The second kappa shape index (κ2) is 7.93. The van der Waals surface area contributed by atoms with Crippen LogP contribution in [0.25, 0.3) is 10.2 Å². The van der Waals surface area contributed by atoms with Crippen molar-refractivity contribution in [2.75, 3.05) is 5.32 Å². The molecule has 2 aromatic carbocycles. The molecule has 3 aromatic rings. The lowest BCUT2D eigenvalue weighted by Crippen LogP contribution is -2.45. The number of hydrogen-bond donors (Lipinski definition) is 3. The number of carbonyl (C=O) groups excluding carboxylic acids is 2. The highest BCUT2D eigenvalue weighted by Crippen LogP contribution is 2.44. The van der Waals surface area contributed by atoms with Crippen molar-refractivity contribution >= 4 is 39.1 Å². The van der Waals surface area contributed by atoms with Crippen molar-refractivity contribution in [2.45, 2.75) is 37.1 Å². The van der Waals surface area contributed by atoms with Gasteiger partial charge >= 0.3 is 6.18 Å². The number of rotatable bonds is 6. The molecule has 0 aliphatic heterocycles. The van der Waals surface area contributed by atoms with E-state index in [2.05, 4.69) is 15.6 Å². The molecule has 162 valence electrons. The highest BCUT2D eigenvalue weighted by atomic mass is 32.1. The van der Waals surface area contributed by atoms with E-state index in [1.54, 1.807) is 24.3 Å². The molecule has 3 N–H and O–H groups in total. The number of amides is 2. The van der Waals surface area contributed by atoms with Crippen LogP contribution in [0.2, 0.25) is 0 Å². The molecular formula is C21H18F3N3O3S. The number of fused-ring (bicyclic) bond motifs is 1.